The summed E-state index contributed by atoms with van der Waals surface area (Å²) in [4.78, 5) is 2.76. The Hall–Kier alpha value is -0.460. The fourth-order valence-corrected chi connectivity index (χ4v) is 4.92. The van der Waals surface area contributed by atoms with Gasteiger partial charge in [0.25, 0.3) is 0 Å². The summed E-state index contributed by atoms with van der Waals surface area (Å²) in [5, 5.41) is 4.33. The number of ether oxygens (including phenoxy) is 1. The lowest BCUT2D eigenvalue weighted by Gasteiger charge is -2.39. The molecule has 1 saturated heterocycles. The molecule has 2 aromatic rings. The second-order valence-corrected chi connectivity index (χ2v) is 8.17. The van der Waals surface area contributed by atoms with E-state index in [9.17, 15) is 0 Å². The summed E-state index contributed by atoms with van der Waals surface area (Å²) < 4.78 is 6.69. The molecule has 2 nitrogen and oxygen atoms in total. The van der Waals surface area contributed by atoms with Crippen LogP contribution in [-0.4, -0.2) is 44.9 Å². The zero-order valence-electron chi connectivity index (χ0n) is 13.2. The lowest BCUT2D eigenvalue weighted by Crippen LogP contribution is -3.00. The predicted octanol–water partition coefficient (Wildman–Crippen LogP) is 1.11. The van der Waals surface area contributed by atoms with Gasteiger partial charge in [-0.1, -0.05) is 12.1 Å². The first-order valence-electron chi connectivity index (χ1n) is 7.23. The van der Waals surface area contributed by atoms with Gasteiger partial charge < -0.3 is 26.2 Å². The second-order valence-electron chi connectivity index (χ2n) is 6.27. The summed E-state index contributed by atoms with van der Waals surface area (Å²) in [6.45, 7) is 2.19. The van der Waals surface area contributed by atoms with Gasteiger partial charge in [-0.3, -0.25) is 0 Å². The van der Waals surface area contributed by atoms with E-state index in [0.717, 1.165) is 24.0 Å². The second kappa shape index (κ2) is 7.41. The van der Waals surface area contributed by atoms with Crippen molar-refractivity contribution >= 4 is 28.2 Å². The van der Waals surface area contributed by atoms with Crippen molar-refractivity contribution in [3.8, 4) is 0 Å². The van der Waals surface area contributed by atoms with Crippen LogP contribution >= 0.6 is 22.7 Å². The van der Waals surface area contributed by atoms with Gasteiger partial charge in [-0.2, -0.15) is 0 Å². The van der Waals surface area contributed by atoms with Crippen LogP contribution in [0.15, 0.2) is 40.6 Å². The summed E-state index contributed by atoms with van der Waals surface area (Å²) >= 11 is 3.67. The highest BCUT2D eigenvalue weighted by atomic mass is 79.9. The molecule has 0 saturated carbocycles. The number of hydrogen-bond acceptors (Lipinski definition) is 3. The number of quaternary nitrogens is 1. The average Bonchev–Trinajstić information content (AvgIpc) is 3.11. The maximum absolute atomic E-state index is 5.70. The lowest BCUT2D eigenvalue weighted by molar-refractivity contribution is -0.892. The van der Waals surface area contributed by atoms with Crippen LogP contribution in [0.5, 0.6) is 0 Å². The molecule has 1 fully saturated rings. The monoisotopic (exact) mass is 399 g/mol. The van der Waals surface area contributed by atoms with E-state index in [0.29, 0.717) is 6.10 Å². The summed E-state index contributed by atoms with van der Waals surface area (Å²) in [6, 6.07) is 8.77. The maximum atomic E-state index is 5.70. The number of methoxy groups -OCH3 is 1. The van der Waals surface area contributed by atoms with Crippen molar-refractivity contribution in [3.05, 3.63) is 50.4 Å². The molecule has 0 aromatic carbocycles. The molecule has 120 valence electrons. The number of thiophene rings is 2. The molecule has 0 amide bonds. The fraction of sp³-hybridized carbons (Fsp3) is 0.412. The largest absolute Gasteiger partial charge is 1.00 e. The van der Waals surface area contributed by atoms with E-state index in [1.54, 1.807) is 0 Å². The van der Waals surface area contributed by atoms with Crippen molar-refractivity contribution in [3.63, 3.8) is 0 Å². The molecule has 3 heterocycles. The Labute approximate surface area is 151 Å². The summed E-state index contributed by atoms with van der Waals surface area (Å²) in [7, 11) is 6.43. The standard InChI is InChI=1S/C17H22NOS2.BrH/c1-18(2)11-13(10-14(12-18)19-3)17(15-6-4-8-20-15)16-7-5-9-21-16;/h4-9,14H,10-12H2,1-3H3;1H/q+1;/p-1/t14-;/m0./s1. The molecule has 0 aliphatic carbocycles. The molecule has 22 heavy (non-hydrogen) atoms. The lowest BCUT2D eigenvalue weighted by atomic mass is 9.94. The van der Waals surface area contributed by atoms with Crippen molar-refractivity contribution in [2.45, 2.75) is 12.5 Å². The molecule has 0 radical (unpaired) electrons. The van der Waals surface area contributed by atoms with Crippen LogP contribution in [0, 0.1) is 0 Å². The minimum Gasteiger partial charge on any atom is -1.00 e. The van der Waals surface area contributed by atoms with Crippen LogP contribution in [0.25, 0.3) is 5.57 Å². The number of nitrogens with zero attached hydrogens (tertiary/aromatic N) is 1. The Morgan fingerprint density at radius 1 is 1.14 bits per heavy atom. The third-order valence-electron chi connectivity index (χ3n) is 4.01. The van der Waals surface area contributed by atoms with Gasteiger partial charge in [0, 0.05) is 28.9 Å². The van der Waals surface area contributed by atoms with Crippen molar-refractivity contribution in [2.24, 2.45) is 0 Å². The Kier molecular flexibility index (Phi) is 6.02. The van der Waals surface area contributed by atoms with Crippen LogP contribution in [0.4, 0.5) is 0 Å². The van der Waals surface area contributed by atoms with Gasteiger partial charge in [0.1, 0.15) is 19.2 Å². The number of likely N-dealkylation sites (tertiary alicyclic amines) is 1. The zero-order chi connectivity index (χ0) is 14.9. The van der Waals surface area contributed by atoms with E-state index in [1.807, 2.05) is 29.8 Å². The third-order valence-corrected chi connectivity index (χ3v) is 5.79. The van der Waals surface area contributed by atoms with E-state index in [2.05, 4.69) is 49.1 Å². The van der Waals surface area contributed by atoms with E-state index < -0.39 is 0 Å². The molecule has 0 bridgehead atoms. The molecular weight excluding hydrogens is 378 g/mol. The normalized spacial score (nSPS) is 20.5. The number of rotatable bonds is 3. The average molecular weight is 400 g/mol. The maximum Gasteiger partial charge on any atom is 0.110 e. The Morgan fingerprint density at radius 3 is 2.18 bits per heavy atom. The molecule has 1 atom stereocenters. The van der Waals surface area contributed by atoms with Crippen molar-refractivity contribution in [2.75, 3.05) is 34.3 Å². The molecule has 3 rings (SSSR count). The van der Waals surface area contributed by atoms with Crippen LogP contribution in [0.2, 0.25) is 0 Å². The summed E-state index contributed by atoms with van der Waals surface area (Å²) in [6.07, 6.45) is 1.36. The van der Waals surface area contributed by atoms with Gasteiger partial charge in [0.15, 0.2) is 0 Å². The first-order valence-corrected chi connectivity index (χ1v) is 8.99. The highest BCUT2D eigenvalue weighted by molar-refractivity contribution is 7.13. The molecule has 1 aliphatic heterocycles. The van der Waals surface area contributed by atoms with Crippen molar-refractivity contribution in [1.82, 2.24) is 0 Å². The highest BCUT2D eigenvalue weighted by Gasteiger charge is 2.33. The van der Waals surface area contributed by atoms with Crippen LogP contribution < -0.4 is 17.0 Å². The zero-order valence-corrected chi connectivity index (χ0v) is 16.4. The first kappa shape index (κ1) is 17.9. The number of likely N-dealkylation sites (N-methyl/N-ethyl adjacent to an activating group) is 1. The molecule has 2 aromatic heterocycles. The topological polar surface area (TPSA) is 9.23 Å². The minimum atomic E-state index is 0. The van der Waals surface area contributed by atoms with E-state index in [1.165, 1.54) is 20.9 Å². The molecule has 0 N–H and O–H groups in total. The van der Waals surface area contributed by atoms with Crippen LogP contribution in [0.3, 0.4) is 0 Å². The molecule has 5 heteroatoms. The van der Waals surface area contributed by atoms with Crippen molar-refractivity contribution < 1.29 is 26.2 Å². The van der Waals surface area contributed by atoms with Gasteiger partial charge in [-0.25, -0.2) is 0 Å². The smallest absolute Gasteiger partial charge is 0.110 e. The number of hydrogen-bond donors (Lipinski definition) is 0. The third kappa shape index (κ3) is 3.89. The fourth-order valence-electron chi connectivity index (χ4n) is 3.19. The Balaban J connectivity index is 0.00000176. The van der Waals surface area contributed by atoms with Gasteiger partial charge in [-0.05, 0) is 28.5 Å². The van der Waals surface area contributed by atoms with Crippen LogP contribution in [-0.2, 0) is 4.74 Å². The number of halogens is 1. The quantitative estimate of drug-likeness (QED) is 0.702. The van der Waals surface area contributed by atoms with E-state index >= 15 is 0 Å². The minimum absolute atomic E-state index is 0. The summed E-state index contributed by atoms with van der Waals surface area (Å²) in [5.41, 5.74) is 2.97. The van der Waals surface area contributed by atoms with E-state index in [-0.39, 0.29) is 17.0 Å². The van der Waals surface area contributed by atoms with Gasteiger partial charge in [0.2, 0.25) is 0 Å². The van der Waals surface area contributed by atoms with E-state index in [4.69, 9.17) is 4.74 Å². The highest BCUT2D eigenvalue weighted by Crippen LogP contribution is 2.37. The van der Waals surface area contributed by atoms with Gasteiger partial charge in [-0.15, -0.1) is 22.7 Å². The van der Waals surface area contributed by atoms with Gasteiger partial charge >= 0.3 is 0 Å². The van der Waals surface area contributed by atoms with Crippen LogP contribution in [0.1, 0.15) is 16.2 Å². The SMILES string of the molecule is CO[C@H]1CC(=C(c2cccs2)c2cccs2)C[N+](C)(C)C1.[Br-]. The first-order chi connectivity index (χ1) is 10.1. The van der Waals surface area contributed by atoms with Gasteiger partial charge in [0.05, 0.1) is 14.1 Å². The molecule has 1 aliphatic rings. The number of piperidine rings is 1. The summed E-state index contributed by atoms with van der Waals surface area (Å²) in [5.74, 6) is 0. The Bertz CT molecular complexity index is 581. The van der Waals surface area contributed by atoms with Crippen molar-refractivity contribution in [1.29, 1.82) is 0 Å². The Morgan fingerprint density at radius 2 is 1.73 bits per heavy atom. The molecule has 0 unspecified atom stereocenters. The predicted molar refractivity (Wildman–Crippen MR) is 91.9 cm³/mol. The molecular formula is C17H22BrNOS2. The molecule has 0 spiro atoms.